The minimum atomic E-state index is -1.87. The van der Waals surface area contributed by atoms with Crippen molar-refractivity contribution in [3.8, 4) is 11.8 Å². The van der Waals surface area contributed by atoms with Crippen molar-refractivity contribution in [2.75, 3.05) is 0 Å². The van der Waals surface area contributed by atoms with E-state index in [1.54, 1.807) is 6.07 Å². The number of nitrogens with one attached hydrogen (secondary N) is 1. The third-order valence-electron chi connectivity index (χ3n) is 5.76. The molecule has 0 radical (unpaired) electrons. The molecule has 7 heteroatoms. The molecule has 1 aromatic heterocycles. The van der Waals surface area contributed by atoms with Crippen LogP contribution in [0.25, 0.3) is 21.8 Å². The van der Waals surface area contributed by atoms with E-state index in [-0.39, 0.29) is 12.2 Å². The molecule has 0 saturated heterocycles. The molecule has 0 amide bonds. The number of aryl methyl sites for hydroxylation is 2. The lowest BCUT2D eigenvalue weighted by Gasteiger charge is -2.20. The number of imidazole rings is 1. The van der Waals surface area contributed by atoms with E-state index < -0.39 is 5.72 Å². The molecule has 0 aliphatic heterocycles. The fraction of sp³-hybridized carbons (Fsp3) is 0.269. The standard InChI is InChI=1S/C26H27N5O2/c1-2-3-12-25-29-22-10-6-7-11-23(22)31(25)16-15-26(33,18-27)30-28-17-21-20-9-5-4-8-19(20)13-14-24(21)32/h4-11,13-14,17,30,32-33H,2-3,12,15-16H2,1H3/b28-17-. The van der Waals surface area contributed by atoms with Gasteiger partial charge in [-0.25, -0.2) is 4.98 Å². The summed E-state index contributed by atoms with van der Waals surface area (Å²) in [4.78, 5) is 4.74. The number of fused-ring (bicyclic) bond motifs is 2. The van der Waals surface area contributed by atoms with E-state index >= 15 is 0 Å². The number of hydrogen-bond acceptors (Lipinski definition) is 6. The lowest BCUT2D eigenvalue weighted by molar-refractivity contribution is 0.0504. The highest BCUT2D eigenvalue weighted by atomic mass is 16.3. The van der Waals surface area contributed by atoms with E-state index in [1.807, 2.05) is 60.7 Å². The van der Waals surface area contributed by atoms with Crippen LogP contribution in [-0.2, 0) is 13.0 Å². The molecule has 168 valence electrons. The summed E-state index contributed by atoms with van der Waals surface area (Å²) in [6.07, 6.45) is 4.45. The van der Waals surface area contributed by atoms with E-state index in [0.717, 1.165) is 46.9 Å². The highest BCUT2D eigenvalue weighted by Gasteiger charge is 2.26. The Morgan fingerprint density at radius 2 is 1.94 bits per heavy atom. The summed E-state index contributed by atoms with van der Waals surface area (Å²) < 4.78 is 2.06. The number of aliphatic hydroxyl groups is 1. The van der Waals surface area contributed by atoms with Gasteiger partial charge in [-0.1, -0.05) is 55.8 Å². The first-order valence-electron chi connectivity index (χ1n) is 11.1. The number of phenolic OH excluding ortho intramolecular Hbond substituents is 1. The van der Waals surface area contributed by atoms with Crippen LogP contribution < -0.4 is 5.43 Å². The van der Waals surface area contributed by atoms with Gasteiger partial charge in [-0.2, -0.15) is 10.4 Å². The maximum Gasteiger partial charge on any atom is 0.242 e. The zero-order valence-corrected chi connectivity index (χ0v) is 18.6. The van der Waals surface area contributed by atoms with E-state index in [4.69, 9.17) is 4.98 Å². The molecule has 0 spiro atoms. The van der Waals surface area contributed by atoms with Crippen LogP contribution in [0.3, 0.4) is 0 Å². The molecule has 0 aliphatic carbocycles. The van der Waals surface area contributed by atoms with Crippen LogP contribution >= 0.6 is 0 Å². The minimum Gasteiger partial charge on any atom is -0.507 e. The normalized spacial score (nSPS) is 13.4. The summed E-state index contributed by atoms with van der Waals surface area (Å²) in [5, 5.41) is 36.6. The molecular formula is C26H27N5O2. The lowest BCUT2D eigenvalue weighted by Crippen LogP contribution is -2.41. The van der Waals surface area contributed by atoms with E-state index in [9.17, 15) is 15.5 Å². The molecule has 3 N–H and O–H groups in total. The topological polar surface area (TPSA) is 106 Å². The van der Waals surface area contributed by atoms with Gasteiger partial charge in [0.05, 0.1) is 17.2 Å². The van der Waals surface area contributed by atoms with Crippen molar-refractivity contribution in [3.63, 3.8) is 0 Å². The molecular weight excluding hydrogens is 414 g/mol. The fourth-order valence-electron chi connectivity index (χ4n) is 3.93. The Labute approximate surface area is 192 Å². The number of nitriles is 1. The second-order valence-electron chi connectivity index (χ2n) is 8.08. The first kappa shape index (κ1) is 22.3. The molecule has 4 aromatic rings. The molecule has 0 saturated carbocycles. The van der Waals surface area contributed by atoms with Gasteiger partial charge in [0.25, 0.3) is 0 Å². The van der Waals surface area contributed by atoms with E-state index in [2.05, 4.69) is 22.0 Å². The molecule has 0 bridgehead atoms. The van der Waals surface area contributed by atoms with Crippen LogP contribution in [0.5, 0.6) is 5.75 Å². The predicted octanol–water partition coefficient (Wildman–Crippen LogP) is 4.46. The van der Waals surface area contributed by atoms with Crippen LogP contribution in [0.15, 0.2) is 65.8 Å². The molecule has 1 unspecified atom stereocenters. The van der Waals surface area contributed by atoms with Gasteiger partial charge >= 0.3 is 0 Å². The van der Waals surface area contributed by atoms with Crippen LogP contribution in [0.2, 0.25) is 0 Å². The molecule has 0 aliphatic rings. The number of para-hydroxylation sites is 2. The van der Waals surface area contributed by atoms with Gasteiger partial charge in [-0.05, 0) is 35.4 Å². The Hall–Kier alpha value is -3.89. The fourth-order valence-corrected chi connectivity index (χ4v) is 3.93. The number of rotatable bonds is 9. The van der Waals surface area contributed by atoms with Crippen molar-refractivity contribution in [3.05, 3.63) is 72.1 Å². The summed E-state index contributed by atoms with van der Waals surface area (Å²) in [5.74, 6) is 1.02. The maximum atomic E-state index is 10.8. The van der Waals surface area contributed by atoms with Gasteiger partial charge in [-0.3, -0.25) is 5.43 Å². The Morgan fingerprint density at radius 3 is 2.76 bits per heavy atom. The number of aromatic nitrogens is 2. The Kier molecular flexibility index (Phi) is 6.57. The SMILES string of the molecule is CCCCc1nc2ccccc2n1CCC(O)(C#N)N/N=C\c1c(O)ccc2ccccc12. The van der Waals surface area contributed by atoms with Gasteiger partial charge in [0.2, 0.25) is 5.72 Å². The number of benzene rings is 3. The van der Waals surface area contributed by atoms with Crippen LogP contribution in [0.1, 0.15) is 37.6 Å². The molecule has 3 aromatic carbocycles. The van der Waals surface area contributed by atoms with Crippen molar-refractivity contribution >= 4 is 28.0 Å². The smallest absolute Gasteiger partial charge is 0.242 e. The molecule has 4 rings (SSSR count). The summed E-state index contributed by atoms with van der Waals surface area (Å²) in [7, 11) is 0. The molecule has 0 fully saturated rings. The third-order valence-corrected chi connectivity index (χ3v) is 5.76. The van der Waals surface area contributed by atoms with Crippen molar-refractivity contribution in [1.29, 1.82) is 5.26 Å². The van der Waals surface area contributed by atoms with Crippen molar-refractivity contribution in [1.82, 2.24) is 15.0 Å². The zero-order valence-electron chi connectivity index (χ0n) is 18.6. The predicted molar refractivity (Wildman–Crippen MR) is 130 cm³/mol. The zero-order chi connectivity index (χ0) is 23.3. The number of unbranched alkanes of at least 4 members (excludes halogenated alkanes) is 1. The summed E-state index contributed by atoms with van der Waals surface area (Å²) in [6, 6.07) is 20.8. The van der Waals surface area contributed by atoms with Crippen molar-refractivity contribution in [2.24, 2.45) is 5.10 Å². The van der Waals surface area contributed by atoms with Gasteiger partial charge in [0.15, 0.2) is 0 Å². The van der Waals surface area contributed by atoms with Gasteiger partial charge in [0, 0.05) is 24.9 Å². The van der Waals surface area contributed by atoms with E-state index in [0.29, 0.717) is 12.1 Å². The van der Waals surface area contributed by atoms with Crippen LogP contribution in [-0.4, -0.2) is 31.7 Å². The number of nitrogens with zero attached hydrogens (tertiary/aromatic N) is 4. The monoisotopic (exact) mass is 441 g/mol. The van der Waals surface area contributed by atoms with Crippen LogP contribution in [0, 0.1) is 11.3 Å². The van der Waals surface area contributed by atoms with Crippen molar-refractivity contribution < 1.29 is 10.2 Å². The third kappa shape index (κ3) is 4.81. The number of hydrazone groups is 1. The molecule has 33 heavy (non-hydrogen) atoms. The number of aromatic hydroxyl groups is 1. The van der Waals surface area contributed by atoms with Gasteiger partial charge < -0.3 is 14.8 Å². The summed E-state index contributed by atoms with van der Waals surface area (Å²) >= 11 is 0. The second kappa shape index (κ2) is 9.72. The molecule has 7 nitrogen and oxygen atoms in total. The quantitative estimate of drug-likeness (QED) is 0.154. The largest absolute Gasteiger partial charge is 0.507 e. The second-order valence-corrected chi connectivity index (χ2v) is 8.08. The molecule has 1 heterocycles. The highest BCUT2D eigenvalue weighted by Crippen LogP contribution is 2.25. The lowest BCUT2D eigenvalue weighted by atomic mass is 10.0. The Morgan fingerprint density at radius 1 is 1.15 bits per heavy atom. The average Bonchev–Trinajstić information content (AvgIpc) is 3.20. The van der Waals surface area contributed by atoms with Gasteiger partial charge in [-0.15, -0.1) is 0 Å². The first-order chi connectivity index (χ1) is 16.0. The first-order valence-corrected chi connectivity index (χ1v) is 11.1. The maximum absolute atomic E-state index is 10.8. The number of phenols is 1. The summed E-state index contributed by atoms with van der Waals surface area (Å²) in [6.45, 7) is 2.54. The Balaban J connectivity index is 1.53. The van der Waals surface area contributed by atoms with Crippen LogP contribution in [0.4, 0.5) is 0 Å². The highest BCUT2D eigenvalue weighted by molar-refractivity contribution is 6.02. The Bertz CT molecular complexity index is 1340. The molecule has 1 atom stereocenters. The van der Waals surface area contributed by atoms with Gasteiger partial charge in [0.1, 0.15) is 17.6 Å². The minimum absolute atomic E-state index is 0.0743. The number of hydrogen-bond donors (Lipinski definition) is 3. The average molecular weight is 442 g/mol. The van der Waals surface area contributed by atoms with Crippen molar-refractivity contribution in [2.45, 2.75) is 44.9 Å². The summed E-state index contributed by atoms with van der Waals surface area (Å²) in [5.41, 5.74) is 3.11. The van der Waals surface area contributed by atoms with E-state index in [1.165, 1.54) is 6.21 Å².